The number of hydrogen-bond donors (Lipinski definition) is 1. The molecule has 0 aliphatic heterocycles. The molecule has 62 valence electrons. The van der Waals surface area contributed by atoms with Crippen LogP contribution in [-0.4, -0.2) is 0 Å². The average Bonchev–Trinajstić information content (AvgIpc) is 2.06. The molecule has 0 unspecified atom stereocenters. The van der Waals surface area contributed by atoms with Crippen LogP contribution in [0.2, 0.25) is 0 Å². The molecule has 1 N–H and O–H groups in total. The van der Waals surface area contributed by atoms with Gasteiger partial charge in [-0.3, -0.25) is 0 Å². The Morgan fingerprint density at radius 1 is 1.17 bits per heavy atom. The number of para-hydroxylation sites is 1. The molecule has 1 aromatic carbocycles. The van der Waals surface area contributed by atoms with Crippen molar-refractivity contribution in [2.75, 3.05) is 5.32 Å². The highest BCUT2D eigenvalue weighted by molar-refractivity contribution is 5.51. The first-order chi connectivity index (χ1) is 5.70. The zero-order valence-corrected chi connectivity index (χ0v) is 7.30. The van der Waals surface area contributed by atoms with Crippen LogP contribution in [0.1, 0.15) is 6.92 Å². The molecule has 0 radical (unpaired) electrons. The van der Waals surface area contributed by atoms with Crippen molar-refractivity contribution in [1.82, 2.24) is 0 Å². The van der Waals surface area contributed by atoms with E-state index in [0.717, 1.165) is 17.0 Å². The standard InChI is InChI=1S/C11H13N/c1-9(2)10(3)12-11-7-5-4-6-8-11/h4-8,12H,1,3H2,2H3. The third-order valence-corrected chi connectivity index (χ3v) is 1.58. The molecular weight excluding hydrogens is 146 g/mol. The SMILES string of the molecule is C=C(C)C(=C)Nc1ccccc1. The topological polar surface area (TPSA) is 12.0 Å². The van der Waals surface area contributed by atoms with Crippen molar-refractivity contribution in [2.45, 2.75) is 6.92 Å². The summed E-state index contributed by atoms with van der Waals surface area (Å²) < 4.78 is 0. The lowest BCUT2D eigenvalue weighted by atomic mass is 10.2. The van der Waals surface area contributed by atoms with Crippen LogP contribution < -0.4 is 5.32 Å². The minimum Gasteiger partial charge on any atom is -0.356 e. The number of allylic oxidation sites excluding steroid dienone is 1. The minimum absolute atomic E-state index is 0.862. The maximum Gasteiger partial charge on any atom is 0.0384 e. The van der Waals surface area contributed by atoms with Crippen LogP contribution in [0.25, 0.3) is 0 Å². The molecule has 0 bridgehead atoms. The Labute approximate surface area is 73.4 Å². The summed E-state index contributed by atoms with van der Waals surface area (Å²) in [5.41, 5.74) is 2.87. The van der Waals surface area contributed by atoms with Gasteiger partial charge in [-0.1, -0.05) is 31.4 Å². The van der Waals surface area contributed by atoms with Gasteiger partial charge in [0.25, 0.3) is 0 Å². The number of hydrogen-bond acceptors (Lipinski definition) is 1. The van der Waals surface area contributed by atoms with Crippen molar-refractivity contribution in [1.29, 1.82) is 0 Å². The summed E-state index contributed by atoms with van der Waals surface area (Å²) >= 11 is 0. The van der Waals surface area contributed by atoms with Crippen molar-refractivity contribution < 1.29 is 0 Å². The zero-order valence-electron chi connectivity index (χ0n) is 7.30. The second kappa shape index (κ2) is 3.77. The Hall–Kier alpha value is -1.50. The lowest BCUT2D eigenvalue weighted by molar-refractivity contribution is 1.37. The van der Waals surface area contributed by atoms with E-state index in [-0.39, 0.29) is 0 Å². The molecule has 0 saturated heterocycles. The molecule has 0 aromatic heterocycles. The Morgan fingerprint density at radius 2 is 1.75 bits per heavy atom. The van der Waals surface area contributed by atoms with Gasteiger partial charge in [-0.15, -0.1) is 0 Å². The summed E-state index contributed by atoms with van der Waals surface area (Å²) in [5.74, 6) is 0. The number of anilines is 1. The number of benzene rings is 1. The number of nitrogens with one attached hydrogen (secondary N) is 1. The van der Waals surface area contributed by atoms with Gasteiger partial charge in [0.05, 0.1) is 0 Å². The van der Waals surface area contributed by atoms with Crippen LogP contribution in [0.3, 0.4) is 0 Å². The van der Waals surface area contributed by atoms with Crippen molar-refractivity contribution in [2.24, 2.45) is 0 Å². The predicted octanol–water partition coefficient (Wildman–Crippen LogP) is 3.19. The minimum atomic E-state index is 0.862. The van der Waals surface area contributed by atoms with Gasteiger partial charge >= 0.3 is 0 Å². The van der Waals surface area contributed by atoms with Gasteiger partial charge in [0.2, 0.25) is 0 Å². The van der Waals surface area contributed by atoms with Gasteiger partial charge in [-0.25, -0.2) is 0 Å². The quantitative estimate of drug-likeness (QED) is 0.668. The van der Waals surface area contributed by atoms with Gasteiger partial charge in [0.1, 0.15) is 0 Å². The van der Waals surface area contributed by atoms with E-state index in [9.17, 15) is 0 Å². The second-order valence-corrected chi connectivity index (χ2v) is 2.75. The summed E-state index contributed by atoms with van der Waals surface area (Å²) in [7, 11) is 0. The number of rotatable bonds is 3. The monoisotopic (exact) mass is 159 g/mol. The highest BCUT2D eigenvalue weighted by Gasteiger charge is 1.93. The van der Waals surface area contributed by atoms with Gasteiger partial charge in [-0.05, 0) is 24.6 Å². The third kappa shape index (κ3) is 2.27. The van der Waals surface area contributed by atoms with Gasteiger partial charge in [-0.2, -0.15) is 0 Å². The second-order valence-electron chi connectivity index (χ2n) is 2.75. The van der Waals surface area contributed by atoms with E-state index in [1.807, 2.05) is 37.3 Å². The summed E-state index contributed by atoms with van der Waals surface area (Å²) in [6, 6.07) is 9.93. The lowest BCUT2D eigenvalue weighted by Gasteiger charge is -2.07. The first kappa shape index (κ1) is 8.60. The molecule has 1 aromatic rings. The molecular formula is C11H13N. The first-order valence-corrected chi connectivity index (χ1v) is 3.87. The van der Waals surface area contributed by atoms with Gasteiger partial charge < -0.3 is 5.32 Å². The van der Waals surface area contributed by atoms with Crippen LogP contribution in [0.4, 0.5) is 5.69 Å². The lowest BCUT2D eigenvalue weighted by Crippen LogP contribution is -1.97. The molecule has 0 aliphatic rings. The molecule has 0 aliphatic carbocycles. The summed E-state index contributed by atoms with van der Waals surface area (Å²) in [6.45, 7) is 9.56. The van der Waals surface area contributed by atoms with E-state index in [4.69, 9.17) is 0 Å². The molecule has 1 rings (SSSR count). The van der Waals surface area contributed by atoms with E-state index in [1.54, 1.807) is 0 Å². The van der Waals surface area contributed by atoms with Crippen LogP contribution >= 0.6 is 0 Å². The highest BCUT2D eigenvalue weighted by Crippen LogP contribution is 2.11. The molecule has 0 saturated carbocycles. The van der Waals surface area contributed by atoms with Gasteiger partial charge in [0, 0.05) is 11.4 Å². The summed E-state index contributed by atoms with van der Waals surface area (Å²) in [5, 5.41) is 3.15. The summed E-state index contributed by atoms with van der Waals surface area (Å²) in [4.78, 5) is 0. The Bertz CT molecular complexity index is 285. The van der Waals surface area contributed by atoms with Crippen LogP contribution in [0.15, 0.2) is 54.8 Å². The summed E-state index contributed by atoms with van der Waals surface area (Å²) in [6.07, 6.45) is 0. The largest absolute Gasteiger partial charge is 0.356 e. The maximum atomic E-state index is 3.84. The van der Waals surface area contributed by atoms with Crippen LogP contribution in [0, 0.1) is 0 Å². The Balaban J connectivity index is 2.65. The molecule has 12 heavy (non-hydrogen) atoms. The molecule has 1 heteroatoms. The van der Waals surface area contributed by atoms with E-state index in [0.29, 0.717) is 0 Å². The van der Waals surface area contributed by atoms with E-state index in [1.165, 1.54) is 0 Å². The smallest absolute Gasteiger partial charge is 0.0384 e. The fourth-order valence-corrected chi connectivity index (χ4v) is 0.802. The normalized spacial score (nSPS) is 9.08. The zero-order chi connectivity index (χ0) is 8.97. The van der Waals surface area contributed by atoms with Crippen molar-refractivity contribution in [3.63, 3.8) is 0 Å². The van der Waals surface area contributed by atoms with Crippen molar-refractivity contribution in [3.05, 3.63) is 54.8 Å². The van der Waals surface area contributed by atoms with Crippen LogP contribution in [0.5, 0.6) is 0 Å². The molecule has 0 amide bonds. The van der Waals surface area contributed by atoms with Crippen molar-refractivity contribution in [3.8, 4) is 0 Å². The van der Waals surface area contributed by atoms with E-state index >= 15 is 0 Å². The fourth-order valence-electron chi connectivity index (χ4n) is 0.802. The average molecular weight is 159 g/mol. The van der Waals surface area contributed by atoms with E-state index < -0.39 is 0 Å². The third-order valence-electron chi connectivity index (χ3n) is 1.58. The molecule has 0 spiro atoms. The molecule has 0 atom stereocenters. The first-order valence-electron chi connectivity index (χ1n) is 3.87. The molecule has 1 nitrogen and oxygen atoms in total. The molecule has 0 heterocycles. The maximum absolute atomic E-state index is 3.84. The van der Waals surface area contributed by atoms with Crippen molar-refractivity contribution >= 4 is 5.69 Å². The Morgan fingerprint density at radius 3 is 2.25 bits per heavy atom. The highest BCUT2D eigenvalue weighted by atomic mass is 14.9. The predicted molar refractivity (Wildman–Crippen MR) is 54.0 cm³/mol. The molecule has 0 fully saturated rings. The van der Waals surface area contributed by atoms with Gasteiger partial charge in [0.15, 0.2) is 0 Å². The Kier molecular flexibility index (Phi) is 2.70. The fraction of sp³-hybridized carbons (Fsp3) is 0.0909. The van der Waals surface area contributed by atoms with E-state index in [2.05, 4.69) is 18.5 Å². The van der Waals surface area contributed by atoms with Crippen LogP contribution in [-0.2, 0) is 0 Å².